The number of carbonyl (C=O) groups is 1. The van der Waals surface area contributed by atoms with Gasteiger partial charge in [-0.25, -0.2) is 9.79 Å². The van der Waals surface area contributed by atoms with Crippen molar-refractivity contribution in [2.75, 3.05) is 0 Å². The second-order valence-corrected chi connectivity index (χ2v) is 3.47. The van der Waals surface area contributed by atoms with E-state index in [0.717, 1.165) is 12.1 Å². The Labute approximate surface area is 91.3 Å². The first-order valence-corrected chi connectivity index (χ1v) is 4.01. The summed E-state index contributed by atoms with van der Waals surface area (Å²) in [7, 11) is 0. The van der Waals surface area contributed by atoms with Crippen LogP contribution in [0.3, 0.4) is 0 Å². The number of aliphatic imine (C=N–C) groups is 1. The van der Waals surface area contributed by atoms with Gasteiger partial charge in [0, 0.05) is 31.2 Å². The molecule has 0 spiro atoms. The van der Waals surface area contributed by atoms with Crippen molar-refractivity contribution < 1.29 is 30.0 Å². The predicted octanol–water partition coefficient (Wildman–Crippen LogP) is 1.84. The predicted molar refractivity (Wildman–Crippen MR) is 47.2 cm³/mol. The van der Waals surface area contributed by atoms with Crippen LogP contribution in [0.25, 0.3) is 0 Å². The molecule has 0 aromatic heterocycles. The number of nitrogens with zero attached hydrogens (tertiary/aromatic N) is 1. The monoisotopic (exact) mass is 360 g/mol. The van der Waals surface area contributed by atoms with Crippen LogP contribution in [0, 0.1) is 5.41 Å². The summed E-state index contributed by atoms with van der Waals surface area (Å²) < 4.78 is 0. The van der Waals surface area contributed by atoms with Gasteiger partial charge in [-0.15, -0.1) is 0 Å². The fraction of sp³-hybridized carbons (Fsp3) is 0.556. The Morgan fingerprint density at radius 3 is 2.38 bits per heavy atom. The first-order chi connectivity index (χ1) is 5.47. The fourth-order valence-corrected chi connectivity index (χ4v) is 1.39. The van der Waals surface area contributed by atoms with Gasteiger partial charge in [-0.2, -0.15) is 0 Å². The Hall–Kier alpha value is -0.471. The smallest absolute Gasteiger partial charge is 0.354 e. The van der Waals surface area contributed by atoms with E-state index in [1.807, 2.05) is 20.8 Å². The van der Waals surface area contributed by atoms with E-state index in [2.05, 4.69) is 4.99 Å². The van der Waals surface area contributed by atoms with Gasteiger partial charge in [0.15, 0.2) is 0 Å². The topological polar surface area (TPSA) is 49.7 Å². The van der Waals surface area contributed by atoms with E-state index in [4.69, 9.17) is 5.11 Å². The molecule has 4 heteroatoms. The molecule has 3 nitrogen and oxygen atoms in total. The number of aliphatic carboxylic acids is 1. The Morgan fingerprint density at radius 2 is 2.15 bits per heavy atom. The molecule has 13 heavy (non-hydrogen) atoms. The van der Waals surface area contributed by atoms with Crippen molar-refractivity contribution >= 4 is 11.7 Å². The van der Waals surface area contributed by atoms with Gasteiger partial charge in [0.05, 0.1) is 0 Å². The number of allylic oxidation sites excluding steroid dienone is 1. The van der Waals surface area contributed by atoms with Gasteiger partial charge in [-0.1, -0.05) is 20.8 Å². The largest absolute Gasteiger partial charge is 0.477 e. The number of carboxylic acids is 1. The Kier molecular flexibility index (Phi) is 4.01. The molecular weight excluding hydrogens is 346 g/mol. The SMILES string of the molecule is CCC1=NC(C(=O)O)=CC1(C)C.[Ir]. The second kappa shape index (κ2) is 4.16. The van der Waals surface area contributed by atoms with Crippen molar-refractivity contribution in [3.05, 3.63) is 11.8 Å². The zero-order valence-electron chi connectivity index (χ0n) is 7.92. The Balaban J connectivity index is 0.00000144. The molecule has 0 aromatic carbocycles. The first kappa shape index (κ1) is 12.5. The Morgan fingerprint density at radius 1 is 1.62 bits per heavy atom. The van der Waals surface area contributed by atoms with Crippen molar-refractivity contribution in [1.29, 1.82) is 0 Å². The summed E-state index contributed by atoms with van der Waals surface area (Å²) in [4.78, 5) is 14.6. The molecule has 1 radical (unpaired) electrons. The quantitative estimate of drug-likeness (QED) is 0.818. The van der Waals surface area contributed by atoms with E-state index in [-0.39, 0.29) is 31.2 Å². The third-order valence-electron chi connectivity index (χ3n) is 2.05. The summed E-state index contributed by atoms with van der Waals surface area (Å²) in [6.45, 7) is 5.94. The maximum absolute atomic E-state index is 10.6. The van der Waals surface area contributed by atoms with E-state index in [1.165, 1.54) is 0 Å². The first-order valence-electron chi connectivity index (χ1n) is 4.01. The van der Waals surface area contributed by atoms with Gasteiger partial charge >= 0.3 is 5.97 Å². The van der Waals surface area contributed by atoms with E-state index >= 15 is 0 Å². The van der Waals surface area contributed by atoms with Crippen LogP contribution in [0.4, 0.5) is 0 Å². The number of hydrogen-bond acceptors (Lipinski definition) is 2. The van der Waals surface area contributed by atoms with Crippen molar-refractivity contribution in [2.24, 2.45) is 10.4 Å². The third-order valence-corrected chi connectivity index (χ3v) is 2.05. The minimum absolute atomic E-state index is 0. The van der Waals surface area contributed by atoms with Gasteiger partial charge in [-0.3, -0.25) is 0 Å². The van der Waals surface area contributed by atoms with Crippen molar-refractivity contribution in [3.8, 4) is 0 Å². The standard InChI is InChI=1S/C9H13NO2.Ir/c1-4-7-9(2,3)5-6(10-7)8(11)12;/h5H,4H2,1-3H3,(H,11,12);. The average molecular weight is 359 g/mol. The molecular formula is C9H13IrNO2. The van der Waals surface area contributed by atoms with Crippen LogP contribution in [-0.4, -0.2) is 16.8 Å². The molecule has 0 saturated heterocycles. The molecule has 1 rings (SSSR count). The van der Waals surface area contributed by atoms with Crippen LogP contribution in [0.2, 0.25) is 0 Å². The van der Waals surface area contributed by atoms with Crippen molar-refractivity contribution in [1.82, 2.24) is 0 Å². The average Bonchev–Trinajstić information content (AvgIpc) is 2.25. The van der Waals surface area contributed by atoms with Gasteiger partial charge in [-0.05, 0) is 12.5 Å². The van der Waals surface area contributed by atoms with Gasteiger partial charge in [0.25, 0.3) is 0 Å². The maximum Gasteiger partial charge on any atom is 0.354 e. The number of hydrogen-bond donors (Lipinski definition) is 1. The van der Waals surface area contributed by atoms with Gasteiger partial charge < -0.3 is 5.11 Å². The summed E-state index contributed by atoms with van der Waals surface area (Å²) in [5.41, 5.74) is 0.944. The molecule has 0 bridgehead atoms. The summed E-state index contributed by atoms with van der Waals surface area (Å²) in [6.07, 6.45) is 2.51. The van der Waals surface area contributed by atoms with Gasteiger partial charge in [0.1, 0.15) is 5.70 Å². The molecule has 75 valence electrons. The second-order valence-electron chi connectivity index (χ2n) is 3.47. The van der Waals surface area contributed by atoms with Crippen LogP contribution in [0.5, 0.6) is 0 Å². The summed E-state index contributed by atoms with van der Waals surface area (Å²) in [5.74, 6) is -0.938. The number of rotatable bonds is 2. The molecule has 0 aromatic rings. The zero-order chi connectivity index (χ0) is 9.35. The van der Waals surface area contributed by atoms with Crippen LogP contribution >= 0.6 is 0 Å². The van der Waals surface area contributed by atoms with E-state index in [0.29, 0.717) is 0 Å². The Bertz CT molecular complexity index is 279. The molecule has 1 aliphatic heterocycles. The molecule has 0 aliphatic carbocycles. The molecule has 0 fully saturated rings. The summed E-state index contributed by atoms with van der Waals surface area (Å²) in [5, 5.41) is 8.68. The third kappa shape index (κ3) is 2.48. The molecule has 0 saturated carbocycles. The fourth-order valence-electron chi connectivity index (χ4n) is 1.39. The summed E-state index contributed by atoms with van der Waals surface area (Å²) >= 11 is 0. The molecule has 0 amide bonds. The normalized spacial score (nSPS) is 18.7. The minimum atomic E-state index is -0.938. The van der Waals surface area contributed by atoms with Crippen LogP contribution in [0.1, 0.15) is 27.2 Å². The molecule has 0 unspecified atom stereocenters. The minimum Gasteiger partial charge on any atom is -0.477 e. The molecule has 0 atom stereocenters. The van der Waals surface area contributed by atoms with E-state index in [9.17, 15) is 4.79 Å². The van der Waals surface area contributed by atoms with E-state index in [1.54, 1.807) is 6.08 Å². The summed E-state index contributed by atoms with van der Waals surface area (Å²) in [6, 6.07) is 0. The number of carboxylic acid groups (broad SMARTS) is 1. The zero-order valence-corrected chi connectivity index (χ0v) is 10.3. The maximum atomic E-state index is 10.6. The van der Waals surface area contributed by atoms with Crippen LogP contribution < -0.4 is 0 Å². The van der Waals surface area contributed by atoms with Crippen molar-refractivity contribution in [3.63, 3.8) is 0 Å². The molecule has 1 aliphatic rings. The van der Waals surface area contributed by atoms with Crippen LogP contribution in [-0.2, 0) is 24.9 Å². The van der Waals surface area contributed by atoms with Crippen molar-refractivity contribution in [2.45, 2.75) is 27.2 Å². The van der Waals surface area contributed by atoms with Gasteiger partial charge in [0.2, 0.25) is 0 Å². The van der Waals surface area contributed by atoms with Crippen LogP contribution in [0.15, 0.2) is 16.8 Å². The molecule has 1 N–H and O–H groups in total. The van der Waals surface area contributed by atoms with E-state index < -0.39 is 5.97 Å². The molecule has 1 heterocycles.